The van der Waals surface area contributed by atoms with E-state index in [4.69, 9.17) is 20.8 Å². The Morgan fingerprint density at radius 2 is 1.76 bits per heavy atom. The number of hydrogen-bond acceptors (Lipinski definition) is 8. The molecule has 1 aromatic heterocycles. The Morgan fingerprint density at radius 1 is 1.07 bits per heavy atom. The van der Waals surface area contributed by atoms with Gasteiger partial charge >= 0.3 is 5.97 Å². The Labute approximate surface area is 169 Å². The van der Waals surface area contributed by atoms with E-state index in [1.165, 1.54) is 12.1 Å². The fraction of sp³-hybridized carbons (Fsp3) is 0.200. The van der Waals surface area contributed by atoms with Crippen molar-refractivity contribution in [1.82, 2.24) is 0 Å². The van der Waals surface area contributed by atoms with Crippen molar-refractivity contribution in [2.24, 2.45) is 5.41 Å². The Bertz CT molecular complexity index is 1180. The number of aromatic hydroxyl groups is 4. The van der Waals surface area contributed by atoms with Crippen molar-refractivity contribution in [3.05, 3.63) is 40.6 Å². The summed E-state index contributed by atoms with van der Waals surface area (Å²) in [6, 6.07) is 5.81. The maximum absolute atomic E-state index is 12.5. The highest BCUT2D eigenvalue weighted by atomic mass is 35.5. The van der Waals surface area contributed by atoms with E-state index in [1.807, 2.05) is 0 Å². The largest absolute Gasteiger partial charge is 0.507 e. The van der Waals surface area contributed by atoms with Crippen molar-refractivity contribution in [2.45, 2.75) is 13.8 Å². The molecule has 0 fully saturated rings. The van der Waals surface area contributed by atoms with E-state index >= 15 is 0 Å². The van der Waals surface area contributed by atoms with E-state index < -0.39 is 39.8 Å². The molecule has 1 heterocycles. The Balaban J connectivity index is 2.17. The average Bonchev–Trinajstić information content (AvgIpc) is 2.66. The van der Waals surface area contributed by atoms with Crippen molar-refractivity contribution in [3.63, 3.8) is 0 Å². The van der Waals surface area contributed by atoms with Gasteiger partial charge < -0.3 is 29.6 Å². The summed E-state index contributed by atoms with van der Waals surface area (Å²) in [5, 5.41) is 39.2. The summed E-state index contributed by atoms with van der Waals surface area (Å²) in [4.78, 5) is 24.7. The first-order valence-corrected chi connectivity index (χ1v) is 8.92. The Hall–Kier alpha value is -3.39. The van der Waals surface area contributed by atoms with Crippen molar-refractivity contribution < 1.29 is 34.4 Å². The van der Waals surface area contributed by atoms with Gasteiger partial charge in [-0.3, -0.25) is 9.59 Å². The fourth-order valence-corrected chi connectivity index (χ4v) is 2.59. The first-order valence-electron chi connectivity index (χ1n) is 8.38. The highest BCUT2D eigenvalue weighted by Gasteiger charge is 2.29. The number of carbonyl (C=O) groups is 1. The number of alkyl halides is 1. The van der Waals surface area contributed by atoms with Crippen LogP contribution < -0.4 is 10.2 Å². The second kappa shape index (κ2) is 7.21. The van der Waals surface area contributed by atoms with Crippen LogP contribution in [-0.2, 0) is 4.79 Å². The van der Waals surface area contributed by atoms with Gasteiger partial charge in [0.2, 0.25) is 11.2 Å². The molecule has 9 heteroatoms. The van der Waals surface area contributed by atoms with Gasteiger partial charge in [0.1, 0.15) is 22.5 Å². The molecule has 0 aliphatic heterocycles. The van der Waals surface area contributed by atoms with E-state index in [1.54, 1.807) is 13.8 Å². The minimum Gasteiger partial charge on any atom is -0.507 e. The van der Waals surface area contributed by atoms with Crippen LogP contribution in [0.25, 0.3) is 22.3 Å². The second-order valence-corrected chi connectivity index (χ2v) is 7.30. The quantitative estimate of drug-likeness (QED) is 0.218. The lowest BCUT2D eigenvalue weighted by atomic mass is 9.97. The van der Waals surface area contributed by atoms with E-state index in [2.05, 4.69) is 0 Å². The van der Waals surface area contributed by atoms with Crippen LogP contribution in [0.1, 0.15) is 13.8 Å². The molecule has 4 N–H and O–H groups in total. The van der Waals surface area contributed by atoms with E-state index in [-0.39, 0.29) is 33.9 Å². The maximum atomic E-state index is 12.5. The summed E-state index contributed by atoms with van der Waals surface area (Å²) < 4.78 is 10.8. The molecular weight excluding hydrogens is 404 g/mol. The third kappa shape index (κ3) is 3.66. The molecule has 0 bridgehead atoms. The summed E-state index contributed by atoms with van der Waals surface area (Å²) >= 11 is 5.76. The van der Waals surface area contributed by atoms with Crippen molar-refractivity contribution in [2.75, 3.05) is 5.88 Å². The molecular formula is C20H17ClO8. The van der Waals surface area contributed by atoms with Crippen LogP contribution in [0, 0.1) is 5.41 Å². The molecule has 0 radical (unpaired) electrons. The molecule has 0 saturated carbocycles. The predicted octanol–water partition coefficient (Wildman–Crippen LogP) is 3.45. The molecule has 8 nitrogen and oxygen atoms in total. The zero-order chi connectivity index (χ0) is 21.5. The van der Waals surface area contributed by atoms with Gasteiger partial charge in [0.25, 0.3) is 0 Å². The number of halogens is 1. The van der Waals surface area contributed by atoms with Crippen molar-refractivity contribution in [3.8, 4) is 40.1 Å². The van der Waals surface area contributed by atoms with Crippen LogP contribution in [0.5, 0.6) is 28.7 Å². The van der Waals surface area contributed by atoms with Crippen LogP contribution in [0.3, 0.4) is 0 Å². The lowest BCUT2D eigenvalue weighted by Crippen LogP contribution is -2.30. The van der Waals surface area contributed by atoms with Gasteiger partial charge in [-0.05, 0) is 32.0 Å². The SMILES string of the molecule is CC(C)(CCl)C(=O)Oc1cc(O)c2c(=O)c(O)c(-c3ccc(O)c(O)c3)oc2c1. The molecule has 0 aliphatic rings. The third-order valence-electron chi connectivity index (χ3n) is 4.26. The number of carbonyl (C=O) groups excluding carboxylic acids is 1. The molecule has 0 aliphatic carbocycles. The zero-order valence-corrected chi connectivity index (χ0v) is 16.1. The number of rotatable bonds is 4. The maximum Gasteiger partial charge on any atom is 0.318 e. The first kappa shape index (κ1) is 20.3. The summed E-state index contributed by atoms with van der Waals surface area (Å²) in [6.45, 7) is 3.16. The van der Waals surface area contributed by atoms with Gasteiger partial charge in [0.05, 0.1) is 5.41 Å². The highest BCUT2D eigenvalue weighted by Crippen LogP contribution is 2.38. The molecule has 0 spiro atoms. The number of phenolic OH excluding ortho intramolecular Hbond substituents is 3. The molecule has 0 saturated heterocycles. The zero-order valence-electron chi connectivity index (χ0n) is 15.4. The summed E-state index contributed by atoms with van der Waals surface area (Å²) in [7, 11) is 0. The van der Waals surface area contributed by atoms with Gasteiger partial charge in [-0.1, -0.05) is 0 Å². The summed E-state index contributed by atoms with van der Waals surface area (Å²) in [6.07, 6.45) is 0. The molecule has 3 aromatic rings. The lowest BCUT2D eigenvalue weighted by Gasteiger charge is -2.19. The molecule has 0 unspecified atom stereocenters. The third-order valence-corrected chi connectivity index (χ3v) is 4.93. The predicted molar refractivity (Wildman–Crippen MR) is 105 cm³/mol. The number of esters is 1. The summed E-state index contributed by atoms with van der Waals surface area (Å²) in [5.74, 6) is -3.29. The average molecular weight is 421 g/mol. The molecule has 29 heavy (non-hydrogen) atoms. The summed E-state index contributed by atoms with van der Waals surface area (Å²) in [5.41, 5.74) is -1.98. The molecule has 152 valence electrons. The number of ether oxygens (including phenoxy) is 1. The van der Waals surface area contributed by atoms with Crippen molar-refractivity contribution in [1.29, 1.82) is 0 Å². The minimum atomic E-state index is -0.989. The first-order chi connectivity index (χ1) is 13.5. The minimum absolute atomic E-state index is 0.00282. The van der Waals surface area contributed by atoms with Gasteiger partial charge in [0.15, 0.2) is 17.3 Å². The van der Waals surface area contributed by atoms with E-state index in [9.17, 15) is 30.0 Å². The van der Waals surface area contributed by atoms with Gasteiger partial charge in [-0.2, -0.15) is 0 Å². The normalized spacial score (nSPS) is 11.6. The Morgan fingerprint density at radius 3 is 2.38 bits per heavy atom. The van der Waals surface area contributed by atoms with Gasteiger partial charge in [-0.25, -0.2) is 0 Å². The van der Waals surface area contributed by atoms with E-state index in [0.717, 1.165) is 18.2 Å². The highest BCUT2D eigenvalue weighted by molar-refractivity contribution is 6.19. The van der Waals surface area contributed by atoms with Crippen LogP contribution in [0.2, 0.25) is 0 Å². The number of hydrogen-bond donors (Lipinski definition) is 4. The number of fused-ring (bicyclic) bond motifs is 1. The lowest BCUT2D eigenvalue weighted by molar-refractivity contribution is -0.142. The fourth-order valence-electron chi connectivity index (χ4n) is 2.48. The van der Waals surface area contributed by atoms with Crippen LogP contribution in [0.15, 0.2) is 39.5 Å². The number of phenols is 3. The molecule has 3 rings (SSSR count). The second-order valence-electron chi connectivity index (χ2n) is 7.03. The van der Waals surface area contributed by atoms with Gasteiger partial charge in [-0.15, -0.1) is 11.6 Å². The monoisotopic (exact) mass is 420 g/mol. The standard InChI is InChI=1S/C20H17ClO8/c1-20(2,8-21)19(27)28-10-6-13(24)15-14(7-10)29-18(17(26)16(15)25)9-3-4-11(22)12(23)5-9/h3-7,22-24,26H,8H2,1-2H3. The van der Waals surface area contributed by atoms with Gasteiger partial charge in [0, 0.05) is 23.6 Å². The molecule has 2 aromatic carbocycles. The smallest absolute Gasteiger partial charge is 0.318 e. The Kier molecular flexibility index (Phi) is 5.06. The van der Waals surface area contributed by atoms with Crippen molar-refractivity contribution >= 4 is 28.5 Å². The van der Waals surface area contributed by atoms with E-state index in [0.29, 0.717) is 0 Å². The topological polar surface area (TPSA) is 137 Å². The molecule has 0 amide bonds. The van der Waals surface area contributed by atoms with Crippen LogP contribution in [-0.4, -0.2) is 32.3 Å². The van der Waals surface area contributed by atoms with Crippen LogP contribution in [0.4, 0.5) is 0 Å². The van der Waals surface area contributed by atoms with Crippen LogP contribution >= 0.6 is 11.6 Å². The number of benzene rings is 2. The molecule has 0 atom stereocenters.